The standard InChI is InChI=1S/C14H20N4/c1-9(2)18-13-5-6-15-8-12(13)17-14(18)11-4-7-16-10(11)3/h5-6,8-11,16H,4,7H2,1-3H3. The molecule has 0 radical (unpaired) electrons. The van der Waals surface area contributed by atoms with E-state index < -0.39 is 0 Å². The molecule has 0 aliphatic carbocycles. The molecular formula is C14H20N4. The smallest absolute Gasteiger partial charge is 0.114 e. The van der Waals surface area contributed by atoms with Gasteiger partial charge >= 0.3 is 0 Å². The molecule has 0 saturated carbocycles. The molecule has 1 fully saturated rings. The van der Waals surface area contributed by atoms with Crippen LogP contribution in [0.25, 0.3) is 11.0 Å². The Kier molecular flexibility index (Phi) is 2.82. The van der Waals surface area contributed by atoms with Crippen LogP contribution in [0.15, 0.2) is 18.5 Å². The molecule has 2 aromatic heterocycles. The van der Waals surface area contributed by atoms with Gasteiger partial charge in [0.15, 0.2) is 0 Å². The van der Waals surface area contributed by atoms with E-state index >= 15 is 0 Å². The highest BCUT2D eigenvalue weighted by Crippen LogP contribution is 2.31. The third kappa shape index (κ3) is 1.72. The minimum Gasteiger partial charge on any atom is -0.325 e. The maximum absolute atomic E-state index is 4.83. The van der Waals surface area contributed by atoms with Gasteiger partial charge in [0.05, 0.1) is 11.7 Å². The van der Waals surface area contributed by atoms with Crippen molar-refractivity contribution in [1.29, 1.82) is 0 Å². The summed E-state index contributed by atoms with van der Waals surface area (Å²) < 4.78 is 2.37. The Morgan fingerprint density at radius 3 is 2.94 bits per heavy atom. The fourth-order valence-corrected chi connectivity index (χ4v) is 2.99. The quantitative estimate of drug-likeness (QED) is 0.882. The lowest BCUT2D eigenvalue weighted by molar-refractivity contribution is 0.507. The minimum absolute atomic E-state index is 0.431. The van der Waals surface area contributed by atoms with Crippen molar-refractivity contribution in [1.82, 2.24) is 19.9 Å². The van der Waals surface area contributed by atoms with Crippen LogP contribution in [0.4, 0.5) is 0 Å². The normalized spacial score (nSPS) is 24.2. The summed E-state index contributed by atoms with van der Waals surface area (Å²) in [5, 5.41) is 3.51. The molecule has 2 atom stereocenters. The van der Waals surface area contributed by atoms with Gasteiger partial charge in [-0.1, -0.05) is 0 Å². The summed E-state index contributed by atoms with van der Waals surface area (Å²) in [6, 6.07) is 3.01. The number of nitrogens with zero attached hydrogens (tertiary/aromatic N) is 3. The average molecular weight is 244 g/mol. The van der Waals surface area contributed by atoms with Crippen molar-refractivity contribution in [2.24, 2.45) is 0 Å². The Hall–Kier alpha value is -1.42. The van der Waals surface area contributed by atoms with Crippen LogP contribution in [0.5, 0.6) is 0 Å². The van der Waals surface area contributed by atoms with E-state index in [2.05, 4.69) is 41.7 Å². The number of rotatable bonds is 2. The van der Waals surface area contributed by atoms with E-state index in [-0.39, 0.29) is 0 Å². The molecule has 18 heavy (non-hydrogen) atoms. The van der Waals surface area contributed by atoms with Crippen LogP contribution in [-0.4, -0.2) is 27.1 Å². The lowest BCUT2D eigenvalue weighted by Crippen LogP contribution is -2.24. The van der Waals surface area contributed by atoms with Crippen LogP contribution in [0, 0.1) is 0 Å². The number of fused-ring (bicyclic) bond motifs is 1. The first kappa shape index (κ1) is 11.7. The van der Waals surface area contributed by atoms with Crippen molar-refractivity contribution in [3.63, 3.8) is 0 Å². The average Bonchev–Trinajstić information content (AvgIpc) is 2.91. The molecular weight excluding hydrogens is 224 g/mol. The van der Waals surface area contributed by atoms with Gasteiger partial charge in [-0.25, -0.2) is 4.98 Å². The van der Waals surface area contributed by atoms with Gasteiger partial charge in [0.2, 0.25) is 0 Å². The highest BCUT2D eigenvalue weighted by molar-refractivity contribution is 5.75. The van der Waals surface area contributed by atoms with E-state index in [1.54, 1.807) is 0 Å². The van der Waals surface area contributed by atoms with Gasteiger partial charge in [-0.2, -0.15) is 0 Å². The zero-order valence-corrected chi connectivity index (χ0v) is 11.2. The van der Waals surface area contributed by atoms with Crippen LogP contribution in [-0.2, 0) is 0 Å². The molecule has 2 aromatic rings. The molecule has 3 rings (SSSR count). The summed E-state index contributed by atoms with van der Waals surface area (Å²) in [4.78, 5) is 9.01. The highest BCUT2D eigenvalue weighted by atomic mass is 15.1. The van der Waals surface area contributed by atoms with Gasteiger partial charge in [-0.15, -0.1) is 0 Å². The second-order valence-corrected chi connectivity index (χ2v) is 5.44. The summed E-state index contributed by atoms with van der Waals surface area (Å²) in [7, 11) is 0. The van der Waals surface area contributed by atoms with Crippen LogP contribution in [0.2, 0.25) is 0 Å². The highest BCUT2D eigenvalue weighted by Gasteiger charge is 2.29. The maximum Gasteiger partial charge on any atom is 0.114 e. The molecule has 3 heterocycles. The number of aromatic nitrogens is 3. The molecule has 0 bridgehead atoms. The second kappa shape index (κ2) is 4.35. The van der Waals surface area contributed by atoms with Gasteiger partial charge < -0.3 is 9.88 Å². The van der Waals surface area contributed by atoms with E-state index in [0.29, 0.717) is 18.0 Å². The largest absolute Gasteiger partial charge is 0.325 e. The number of hydrogen-bond acceptors (Lipinski definition) is 3. The number of pyridine rings is 1. The van der Waals surface area contributed by atoms with Crippen molar-refractivity contribution in [2.75, 3.05) is 6.54 Å². The predicted molar refractivity (Wildman–Crippen MR) is 72.7 cm³/mol. The van der Waals surface area contributed by atoms with Gasteiger partial charge in [-0.05, 0) is 39.8 Å². The predicted octanol–water partition coefficient (Wildman–Crippen LogP) is 2.48. The number of imidazole rings is 1. The monoisotopic (exact) mass is 244 g/mol. The molecule has 1 aliphatic rings. The molecule has 1 saturated heterocycles. The Morgan fingerprint density at radius 1 is 1.44 bits per heavy atom. The summed E-state index contributed by atoms with van der Waals surface area (Å²) in [5.41, 5.74) is 2.22. The van der Waals surface area contributed by atoms with Crippen molar-refractivity contribution in [3.8, 4) is 0 Å². The Balaban J connectivity index is 2.18. The summed E-state index contributed by atoms with van der Waals surface area (Å²) in [5.74, 6) is 1.73. The first-order chi connectivity index (χ1) is 8.68. The van der Waals surface area contributed by atoms with Crippen LogP contribution >= 0.6 is 0 Å². The summed E-state index contributed by atoms with van der Waals surface area (Å²) in [6.45, 7) is 7.78. The molecule has 1 aliphatic heterocycles. The Bertz CT molecular complexity index is 558. The van der Waals surface area contributed by atoms with Crippen molar-refractivity contribution < 1.29 is 0 Å². The number of nitrogens with one attached hydrogen (secondary N) is 1. The van der Waals surface area contributed by atoms with Crippen LogP contribution < -0.4 is 5.32 Å². The minimum atomic E-state index is 0.431. The zero-order valence-electron chi connectivity index (χ0n) is 11.2. The molecule has 4 nitrogen and oxygen atoms in total. The van der Waals surface area contributed by atoms with Gasteiger partial charge in [0.1, 0.15) is 11.3 Å². The first-order valence-corrected chi connectivity index (χ1v) is 6.73. The third-order valence-electron chi connectivity index (χ3n) is 3.89. The van der Waals surface area contributed by atoms with E-state index in [1.807, 2.05) is 12.4 Å². The van der Waals surface area contributed by atoms with E-state index in [9.17, 15) is 0 Å². The van der Waals surface area contributed by atoms with Crippen molar-refractivity contribution >= 4 is 11.0 Å². The van der Waals surface area contributed by atoms with Crippen molar-refractivity contribution in [2.45, 2.75) is 45.2 Å². The van der Waals surface area contributed by atoms with E-state index in [1.165, 1.54) is 17.8 Å². The number of hydrogen-bond donors (Lipinski definition) is 1. The molecule has 0 spiro atoms. The molecule has 4 heteroatoms. The molecule has 0 amide bonds. The van der Waals surface area contributed by atoms with E-state index in [0.717, 1.165) is 12.1 Å². The Labute approximate surface area is 107 Å². The van der Waals surface area contributed by atoms with Crippen molar-refractivity contribution in [3.05, 3.63) is 24.3 Å². The zero-order chi connectivity index (χ0) is 12.7. The fourth-order valence-electron chi connectivity index (χ4n) is 2.99. The fraction of sp³-hybridized carbons (Fsp3) is 0.571. The Morgan fingerprint density at radius 2 is 2.28 bits per heavy atom. The van der Waals surface area contributed by atoms with Crippen LogP contribution in [0.1, 0.15) is 45.0 Å². The topological polar surface area (TPSA) is 42.7 Å². The lowest BCUT2D eigenvalue weighted by atomic mass is 10.0. The van der Waals surface area contributed by atoms with Crippen LogP contribution in [0.3, 0.4) is 0 Å². The lowest BCUT2D eigenvalue weighted by Gasteiger charge is -2.19. The second-order valence-electron chi connectivity index (χ2n) is 5.44. The molecule has 0 aromatic carbocycles. The SMILES string of the molecule is CC1NCCC1c1nc2cnccc2n1C(C)C. The molecule has 1 N–H and O–H groups in total. The summed E-state index contributed by atoms with van der Waals surface area (Å²) >= 11 is 0. The molecule has 96 valence electrons. The summed E-state index contributed by atoms with van der Waals surface area (Å²) in [6.07, 6.45) is 4.89. The third-order valence-corrected chi connectivity index (χ3v) is 3.89. The first-order valence-electron chi connectivity index (χ1n) is 6.73. The van der Waals surface area contributed by atoms with Gasteiger partial charge in [-0.3, -0.25) is 4.98 Å². The van der Waals surface area contributed by atoms with E-state index in [4.69, 9.17) is 4.98 Å². The van der Waals surface area contributed by atoms with Gasteiger partial charge in [0, 0.05) is 24.2 Å². The maximum atomic E-state index is 4.83. The molecule has 2 unspecified atom stereocenters. The van der Waals surface area contributed by atoms with Gasteiger partial charge in [0.25, 0.3) is 0 Å².